The molecule has 0 atom stereocenters. The molecule has 1 heterocycles. The Labute approximate surface area is 52.9 Å². The van der Waals surface area contributed by atoms with Crippen molar-refractivity contribution in [3.8, 4) is 0 Å². The molecule has 1 rings (SSSR count). The summed E-state index contributed by atoms with van der Waals surface area (Å²) in [5.41, 5.74) is 5.41. The second-order valence-electron chi connectivity index (χ2n) is 1.46. The highest BCUT2D eigenvalue weighted by Gasteiger charge is 1.91. The molecule has 2 nitrogen and oxygen atoms in total. The Morgan fingerprint density at radius 1 is 1.62 bits per heavy atom. The summed E-state index contributed by atoms with van der Waals surface area (Å²) in [6.45, 7) is 0.749. The highest BCUT2D eigenvalue weighted by molar-refractivity contribution is 8.13. The summed E-state index contributed by atoms with van der Waals surface area (Å²) in [5.74, 6) is 0.968. The number of rotatable bonds is 0. The first-order valence-corrected chi connectivity index (χ1v) is 3.46. The van der Waals surface area contributed by atoms with E-state index in [0.717, 1.165) is 12.3 Å². The molecule has 44 valence electrons. The van der Waals surface area contributed by atoms with Crippen molar-refractivity contribution in [2.45, 2.75) is 0 Å². The third-order valence-corrected chi connectivity index (χ3v) is 1.63. The van der Waals surface area contributed by atoms with Gasteiger partial charge in [0.25, 0.3) is 0 Å². The highest BCUT2D eigenvalue weighted by Crippen LogP contribution is 2.02. The molecule has 0 amide bonds. The minimum atomic E-state index is 0.704. The van der Waals surface area contributed by atoms with Gasteiger partial charge in [-0.15, -0.1) is 0 Å². The third-order valence-electron chi connectivity index (χ3n) is 0.847. The van der Waals surface area contributed by atoms with E-state index < -0.39 is 0 Å². The van der Waals surface area contributed by atoms with Crippen LogP contribution in [0.4, 0.5) is 0 Å². The summed E-state index contributed by atoms with van der Waals surface area (Å²) in [6, 6.07) is 0. The Balaban J connectivity index is 2.48. The van der Waals surface area contributed by atoms with Gasteiger partial charge in [0.05, 0.1) is 6.54 Å². The molecule has 0 unspecified atom stereocenters. The normalized spacial score (nSPS) is 19.8. The summed E-state index contributed by atoms with van der Waals surface area (Å²) in [7, 11) is 0. The van der Waals surface area contributed by atoms with Gasteiger partial charge in [-0.25, -0.2) is 0 Å². The van der Waals surface area contributed by atoms with Gasteiger partial charge in [-0.3, -0.25) is 4.99 Å². The summed E-state index contributed by atoms with van der Waals surface area (Å²) in [4.78, 5) is 3.99. The van der Waals surface area contributed by atoms with Gasteiger partial charge in [0, 0.05) is 5.75 Å². The van der Waals surface area contributed by atoms with Crippen LogP contribution in [0.2, 0.25) is 0 Å². The fourth-order valence-corrected chi connectivity index (χ4v) is 1.03. The molecule has 1 aliphatic rings. The van der Waals surface area contributed by atoms with Gasteiger partial charge < -0.3 is 5.73 Å². The van der Waals surface area contributed by atoms with Crippen LogP contribution in [0.15, 0.2) is 17.1 Å². The Morgan fingerprint density at radius 2 is 2.50 bits per heavy atom. The number of amidine groups is 1. The van der Waals surface area contributed by atoms with Crippen molar-refractivity contribution in [3.05, 3.63) is 12.2 Å². The molecule has 0 aromatic carbocycles. The molecule has 0 aromatic heterocycles. The van der Waals surface area contributed by atoms with E-state index in [2.05, 4.69) is 11.1 Å². The van der Waals surface area contributed by atoms with Crippen molar-refractivity contribution in [2.24, 2.45) is 10.7 Å². The van der Waals surface area contributed by atoms with Crippen molar-refractivity contribution < 1.29 is 0 Å². The fourth-order valence-electron chi connectivity index (χ4n) is 0.464. The van der Waals surface area contributed by atoms with E-state index in [-0.39, 0.29) is 0 Å². The highest BCUT2D eigenvalue weighted by atomic mass is 32.2. The zero-order chi connectivity index (χ0) is 5.82. The van der Waals surface area contributed by atoms with Crippen LogP contribution in [0.1, 0.15) is 0 Å². The molecular weight excluding hydrogens is 120 g/mol. The maximum Gasteiger partial charge on any atom is 0.154 e. The smallest absolute Gasteiger partial charge is 0.154 e. The maximum atomic E-state index is 5.41. The van der Waals surface area contributed by atoms with Gasteiger partial charge in [-0.2, -0.15) is 0 Å². The lowest BCUT2D eigenvalue weighted by Crippen LogP contribution is -2.05. The van der Waals surface area contributed by atoms with Crippen LogP contribution in [0.3, 0.4) is 0 Å². The fraction of sp³-hybridized carbons (Fsp3) is 0.400. The van der Waals surface area contributed by atoms with Crippen LogP contribution in [0, 0.1) is 0 Å². The molecule has 0 aliphatic carbocycles. The predicted octanol–water partition coefficient (Wildman–Crippen LogP) is 0.604. The largest absolute Gasteiger partial charge is 0.379 e. The predicted molar refractivity (Wildman–Crippen MR) is 38.1 cm³/mol. The third kappa shape index (κ3) is 1.58. The molecule has 0 saturated heterocycles. The monoisotopic (exact) mass is 128 g/mol. The summed E-state index contributed by atoms with van der Waals surface area (Å²) in [5, 5.41) is 0.704. The molecule has 1 aliphatic heterocycles. The maximum absolute atomic E-state index is 5.41. The first-order valence-electron chi connectivity index (χ1n) is 2.47. The van der Waals surface area contributed by atoms with Crippen molar-refractivity contribution in [1.82, 2.24) is 0 Å². The van der Waals surface area contributed by atoms with Gasteiger partial charge in [-0.1, -0.05) is 23.9 Å². The van der Waals surface area contributed by atoms with Crippen LogP contribution in [-0.4, -0.2) is 17.5 Å². The number of nitrogens with two attached hydrogens (primary N) is 1. The molecule has 0 saturated carbocycles. The molecule has 0 fully saturated rings. The molecule has 2 N–H and O–H groups in total. The van der Waals surface area contributed by atoms with Crippen molar-refractivity contribution in [1.29, 1.82) is 0 Å². The van der Waals surface area contributed by atoms with Gasteiger partial charge >= 0.3 is 0 Å². The molecule has 0 spiro atoms. The summed E-state index contributed by atoms with van der Waals surface area (Å²) < 4.78 is 0. The van der Waals surface area contributed by atoms with Crippen LogP contribution in [0.5, 0.6) is 0 Å². The molecule has 0 aromatic rings. The van der Waals surface area contributed by atoms with E-state index in [4.69, 9.17) is 5.73 Å². The Hall–Kier alpha value is -0.440. The Kier molecular flexibility index (Phi) is 1.97. The van der Waals surface area contributed by atoms with E-state index in [1.165, 1.54) is 0 Å². The van der Waals surface area contributed by atoms with Gasteiger partial charge in [0.15, 0.2) is 5.17 Å². The first-order chi connectivity index (χ1) is 3.89. The Morgan fingerprint density at radius 3 is 3.38 bits per heavy atom. The van der Waals surface area contributed by atoms with Crippen molar-refractivity contribution >= 4 is 16.9 Å². The lowest BCUT2D eigenvalue weighted by Gasteiger charge is -1.89. The molecule has 8 heavy (non-hydrogen) atoms. The van der Waals surface area contributed by atoms with E-state index in [0.29, 0.717) is 5.17 Å². The van der Waals surface area contributed by atoms with Crippen LogP contribution in [-0.2, 0) is 0 Å². The van der Waals surface area contributed by atoms with Crippen molar-refractivity contribution in [3.63, 3.8) is 0 Å². The summed E-state index contributed by atoms with van der Waals surface area (Å²) >= 11 is 1.58. The average Bonchev–Trinajstić information content (AvgIpc) is 1.94. The summed E-state index contributed by atoms with van der Waals surface area (Å²) in [6.07, 6.45) is 4.10. The van der Waals surface area contributed by atoms with Crippen LogP contribution < -0.4 is 5.73 Å². The van der Waals surface area contributed by atoms with E-state index in [9.17, 15) is 0 Å². The molecule has 3 heteroatoms. The van der Waals surface area contributed by atoms with Gasteiger partial charge in [0.2, 0.25) is 0 Å². The topological polar surface area (TPSA) is 38.4 Å². The molecule has 0 radical (unpaired) electrons. The van der Waals surface area contributed by atoms with E-state index in [1.807, 2.05) is 6.08 Å². The van der Waals surface area contributed by atoms with E-state index >= 15 is 0 Å². The standard InChI is InChI=1S/C5H8N2S/c6-5-7-3-1-2-4-8-5/h1-2H,3-4H2,(H2,6,7). The minimum absolute atomic E-state index is 0.704. The average molecular weight is 128 g/mol. The zero-order valence-electron chi connectivity index (χ0n) is 4.50. The van der Waals surface area contributed by atoms with Crippen molar-refractivity contribution in [2.75, 3.05) is 12.3 Å². The number of nitrogens with zero attached hydrogens (tertiary/aromatic N) is 1. The van der Waals surface area contributed by atoms with Crippen LogP contribution >= 0.6 is 11.8 Å². The zero-order valence-corrected chi connectivity index (χ0v) is 5.32. The molecular formula is C5H8N2S. The lowest BCUT2D eigenvalue weighted by atomic mass is 10.5. The number of hydrogen-bond acceptors (Lipinski definition) is 3. The quantitative estimate of drug-likeness (QED) is 0.485. The van der Waals surface area contributed by atoms with E-state index in [1.54, 1.807) is 11.8 Å². The van der Waals surface area contributed by atoms with Crippen LogP contribution in [0.25, 0.3) is 0 Å². The van der Waals surface area contributed by atoms with Gasteiger partial charge in [0.1, 0.15) is 0 Å². The number of thioether (sulfide) groups is 1. The lowest BCUT2D eigenvalue weighted by molar-refractivity contribution is 1.24. The first kappa shape index (κ1) is 5.69. The SMILES string of the molecule is NC1=NCC=CCS1. The minimum Gasteiger partial charge on any atom is -0.379 e. The molecule has 0 bridgehead atoms. The Bertz CT molecular complexity index is 128. The number of hydrogen-bond donors (Lipinski definition) is 1. The second-order valence-corrected chi connectivity index (χ2v) is 2.50. The second kappa shape index (κ2) is 2.77. The van der Waals surface area contributed by atoms with Gasteiger partial charge in [-0.05, 0) is 0 Å². The number of aliphatic imine (C=N–C) groups is 1.